The Labute approximate surface area is 120 Å². The molecule has 1 atom stereocenters. The molecule has 1 aromatic rings. The summed E-state index contributed by atoms with van der Waals surface area (Å²) in [5, 5.41) is 6.23. The Morgan fingerprint density at radius 1 is 1.44 bits per heavy atom. The van der Waals surface area contributed by atoms with Crippen molar-refractivity contribution in [2.45, 2.75) is 40.2 Å². The third kappa shape index (κ3) is 4.96. The van der Waals surface area contributed by atoms with Gasteiger partial charge < -0.3 is 10.6 Å². The van der Waals surface area contributed by atoms with Crippen molar-refractivity contribution in [2.24, 2.45) is 0 Å². The van der Waals surface area contributed by atoms with Crippen molar-refractivity contribution in [3.63, 3.8) is 0 Å². The van der Waals surface area contributed by atoms with Crippen LogP contribution >= 0.6 is 23.7 Å². The molecule has 0 aliphatic carbocycles. The summed E-state index contributed by atoms with van der Waals surface area (Å²) >= 11 is 1.60. The zero-order valence-corrected chi connectivity index (χ0v) is 13.1. The van der Waals surface area contributed by atoms with Crippen molar-refractivity contribution < 1.29 is 4.79 Å². The minimum Gasteiger partial charge on any atom is -0.350 e. The number of halogens is 1. The Bertz CT molecular complexity index is 379. The quantitative estimate of drug-likeness (QED) is 0.846. The fourth-order valence-corrected chi connectivity index (χ4v) is 2.77. The van der Waals surface area contributed by atoms with E-state index in [0.29, 0.717) is 12.6 Å². The molecular formula is C13H23ClN2OS. The van der Waals surface area contributed by atoms with Gasteiger partial charge in [0.2, 0.25) is 0 Å². The molecule has 1 heterocycles. The first-order valence-corrected chi connectivity index (χ1v) is 7.01. The molecule has 0 saturated heterocycles. The summed E-state index contributed by atoms with van der Waals surface area (Å²) in [5.74, 6) is 0.0440. The third-order valence-electron chi connectivity index (χ3n) is 2.69. The molecule has 0 saturated carbocycles. The van der Waals surface area contributed by atoms with Gasteiger partial charge >= 0.3 is 0 Å². The number of hydrogen-bond donors (Lipinski definition) is 2. The van der Waals surface area contributed by atoms with Gasteiger partial charge in [-0.15, -0.1) is 23.7 Å². The number of likely N-dealkylation sites (N-methyl/N-ethyl adjacent to an activating group) is 1. The third-order valence-corrected chi connectivity index (χ3v) is 4.07. The SMILES string of the molecule is CCN[C@H](C)CNC(=O)c1cc(C)c(CC)s1.Cl. The van der Waals surface area contributed by atoms with Gasteiger partial charge in [-0.2, -0.15) is 0 Å². The monoisotopic (exact) mass is 290 g/mol. The molecule has 0 fully saturated rings. The van der Waals surface area contributed by atoms with E-state index in [9.17, 15) is 4.79 Å². The normalized spacial score (nSPS) is 11.8. The molecule has 0 aromatic carbocycles. The average molecular weight is 291 g/mol. The standard InChI is InChI=1S/C13H22N2OS.ClH/c1-5-11-9(3)7-12(17-11)13(16)15-8-10(4)14-6-2;/h7,10,14H,5-6,8H2,1-4H3,(H,15,16);1H/t10-;/m1./s1. The smallest absolute Gasteiger partial charge is 0.261 e. The predicted octanol–water partition coefficient (Wildman–Crippen LogP) is 2.77. The fraction of sp³-hybridized carbons (Fsp3) is 0.615. The van der Waals surface area contributed by atoms with Crippen molar-refractivity contribution in [1.82, 2.24) is 10.6 Å². The first-order valence-electron chi connectivity index (χ1n) is 6.19. The molecule has 5 heteroatoms. The van der Waals surface area contributed by atoms with E-state index < -0.39 is 0 Å². The minimum atomic E-state index is 0. The van der Waals surface area contributed by atoms with Gasteiger partial charge in [-0.1, -0.05) is 13.8 Å². The van der Waals surface area contributed by atoms with Crippen molar-refractivity contribution in [3.8, 4) is 0 Å². The van der Waals surface area contributed by atoms with E-state index in [0.717, 1.165) is 17.8 Å². The van der Waals surface area contributed by atoms with Gasteiger partial charge in [0.1, 0.15) is 0 Å². The molecule has 104 valence electrons. The van der Waals surface area contributed by atoms with Crippen LogP contribution in [0.4, 0.5) is 0 Å². The van der Waals surface area contributed by atoms with Crippen molar-refractivity contribution >= 4 is 29.7 Å². The Balaban J connectivity index is 0.00000289. The maximum atomic E-state index is 11.9. The predicted molar refractivity (Wildman–Crippen MR) is 81.2 cm³/mol. The Hall–Kier alpha value is -0.580. The van der Waals surface area contributed by atoms with Crippen LogP contribution in [0.1, 0.15) is 40.9 Å². The van der Waals surface area contributed by atoms with Gasteiger partial charge in [-0.3, -0.25) is 4.79 Å². The summed E-state index contributed by atoms with van der Waals surface area (Å²) in [7, 11) is 0. The van der Waals surface area contributed by atoms with Crippen molar-refractivity contribution in [3.05, 3.63) is 21.4 Å². The average Bonchev–Trinajstić information content (AvgIpc) is 2.68. The highest BCUT2D eigenvalue weighted by Crippen LogP contribution is 2.22. The van der Waals surface area contributed by atoms with Crippen LogP contribution in [0.15, 0.2) is 6.07 Å². The largest absolute Gasteiger partial charge is 0.350 e. The zero-order valence-electron chi connectivity index (χ0n) is 11.5. The highest BCUT2D eigenvalue weighted by Gasteiger charge is 2.11. The summed E-state index contributed by atoms with van der Waals surface area (Å²) in [5.41, 5.74) is 1.22. The highest BCUT2D eigenvalue weighted by atomic mass is 35.5. The first kappa shape index (κ1) is 17.4. The molecule has 0 aliphatic heterocycles. The number of aryl methyl sites for hydroxylation is 2. The number of carbonyl (C=O) groups is 1. The number of amides is 1. The number of hydrogen-bond acceptors (Lipinski definition) is 3. The van der Waals surface area contributed by atoms with Crippen LogP contribution in [-0.4, -0.2) is 25.0 Å². The second-order valence-electron chi connectivity index (χ2n) is 4.24. The van der Waals surface area contributed by atoms with E-state index in [-0.39, 0.29) is 18.3 Å². The van der Waals surface area contributed by atoms with Gasteiger partial charge in [-0.05, 0) is 38.4 Å². The Morgan fingerprint density at radius 3 is 2.61 bits per heavy atom. The first-order chi connectivity index (χ1) is 8.08. The van der Waals surface area contributed by atoms with Crippen LogP contribution in [0.2, 0.25) is 0 Å². The summed E-state index contributed by atoms with van der Waals surface area (Å²) in [6, 6.07) is 2.30. The molecule has 0 bridgehead atoms. The van der Waals surface area contributed by atoms with E-state index in [1.54, 1.807) is 11.3 Å². The molecule has 1 amide bonds. The molecule has 0 spiro atoms. The highest BCUT2D eigenvalue weighted by molar-refractivity contribution is 7.14. The molecule has 0 aliphatic rings. The summed E-state index contributed by atoms with van der Waals surface area (Å²) in [4.78, 5) is 14.0. The molecule has 0 unspecified atom stereocenters. The van der Waals surface area contributed by atoms with Crippen molar-refractivity contribution in [1.29, 1.82) is 0 Å². The lowest BCUT2D eigenvalue weighted by molar-refractivity contribution is 0.0954. The van der Waals surface area contributed by atoms with E-state index in [1.807, 2.05) is 6.07 Å². The molecule has 1 rings (SSSR count). The minimum absolute atomic E-state index is 0. The van der Waals surface area contributed by atoms with Crippen LogP contribution in [0.25, 0.3) is 0 Å². The molecule has 2 N–H and O–H groups in total. The molecule has 0 radical (unpaired) electrons. The lowest BCUT2D eigenvalue weighted by Gasteiger charge is -2.12. The van der Waals surface area contributed by atoms with E-state index in [2.05, 4.69) is 38.3 Å². The number of nitrogens with one attached hydrogen (secondary N) is 2. The van der Waals surface area contributed by atoms with E-state index >= 15 is 0 Å². The topological polar surface area (TPSA) is 41.1 Å². The van der Waals surface area contributed by atoms with Crippen LogP contribution in [-0.2, 0) is 6.42 Å². The van der Waals surface area contributed by atoms with Gasteiger partial charge in [0.15, 0.2) is 0 Å². The summed E-state index contributed by atoms with van der Waals surface area (Å²) in [6.07, 6.45) is 0.998. The molecule has 3 nitrogen and oxygen atoms in total. The second-order valence-corrected chi connectivity index (χ2v) is 5.38. The number of thiophene rings is 1. The fourth-order valence-electron chi connectivity index (χ4n) is 1.74. The number of carbonyl (C=O) groups excluding carboxylic acids is 1. The van der Waals surface area contributed by atoms with Gasteiger partial charge in [0, 0.05) is 17.5 Å². The van der Waals surface area contributed by atoms with Gasteiger partial charge in [0.25, 0.3) is 5.91 Å². The maximum absolute atomic E-state index is 11.9. The van der Waals surface area contributed by atoms with Crippen molar-refractivity contribution in [2.75, 3.05) is 13.1 Å². The van der Waals surface area contributed by atoms with Gasteiger partial charge in [-0.25, -0.2) is 0 Å². The molecule has 1 aromatic heterocycles. The van der Waals surface area contributed by atoms with Crippen LogP contribution in [0.5, 0.6) is 0 Å². The van der Waals surface area contributed by atoms with Gasteiger partial charge in [0.05, 0.1) is 4.88 Å². The van der Waals surface area contributed by atoms with Crippen LogP contribution in [0.3, 0.4) is 0 Å². The second kappa shape index (κ2) is 8.51. The van der Waals surface area contributed by atoms with Crippen LogP contribution in [0, 0.1) is 6.92 Å². The number of rotatable bonds is 6. The van der Waals surface area contributed by atoms with E-state index in [4.69, 9.17) is 0 Å². The Morgan fingerprint density at radius 2 is 2.11 bits per heavy atom. The maximum Gasteiger partial charge on any atom is 0.261 e. The summed E-state index contributed by atoms with van der Waals surface area (Å²) < 4.78 is 0. The zero-order chi connectivity index (χ0) is 12.8. The lowest BCUT2D eigenvalue weighted by atomic mass is 10.2. The Kier molecular flexibility index (Phi) is 8.24. The molecule has 18 heavy (non-hydrogen) atoms. The summed E-state index contributed by atoms with van der Waals surface area (Å²) in [6.45, 7) is 9.91. The van der Waals surface area contributed by atoms with E-state index in [1.165, 1.54) is 10.4 Å². The molecular weight excluding hydrogens is 268 g/mol. The lowest BCUT2D eigenvalue weighted by Crippen LogP contribution is -2.38. The van der Waals surface area contributed by atoms with Crippen LogP contribution < -0.4 is 10.6 Å².